The average Bonchev–Trinajstić information content (AvgIpc) is 3.37. The zero-order valence-electron chi connectivity index (χ0n) is 24.7. The molecule has 0 atom stereocenters. The fraction of sp³-hybridized carbons (Fsp3) is 0.364. The summed E-state index contributed by atoms with van der Waals surface area (Å²) in [6.07, 6.45) is 3.59. The van der Waals surface area contributed by atoms with Gasteiger partial charge in [-0.2, -0.15) is 0 Å². The highest BCUT2D eigenvalue weighted by Gasteiger charge is 2.35. The SMILES string of the molecule is CCCCOC(=O)c1ccc(-n2c(C)cc(/C=C3\SC(=O)N(CCOc4cc(C)ccc4C(C)C)C3=O)c2C)cc1. The lowest BCUT2D eigenvalue weighted by molar-refractivity contribution is -0.123. The number of thioether (sulfide) groups is 1. The summed E-state index contributed by atoms with van der Waals surface area (Å²) < 4.78 is 13.4. The van der Waals surface area contributed by atoms with Gasteiger partial charge in [0, 0.05) is 17.1 Å². The van der Waals surface area contributed by atoms with Gasteiger partial charge < -0.3 is 14.0 Å². The molecule has 2 aromatic carbocycles. The van der Waals surface area contributed by atoms with Crippen molar-refractivity contribution in [2.75, 3.05) is 19.8 Å². The second-order valence-corrected chi connectivity index (χ2v) is 11.6. The monoisotopic (exact) mass is 574 g/mol. The van der Waals surface area contributed by atoms with E-state index >= 15 is 0 Å². The fourth-order valence-corrected chi connectivity index (χ4v) is 5.65. The number of ether oxygens (including phenoxy) is 2. The van der Waals surface area contributed by atoms with Crippen LogP contribution in [0, 0.1) is 20.8 Å². The molecule has 1 aromatic heterocycles. The first-order chi connectivity index (χ1) is 19.6. The number of carbonyl (C=O) groups is 3. The molecular weight excluding hydrogens is 536 g/mol. The molecule has 2 amide bonds. The number of benzene rings is 2. The van der Waals surface area contributed by atoms with Gasteiger partial charge in [-0.05, 0) is 104 Å². The highest BCUT2D eigenvalue weighted by atomic mass is 32.2. The Morgan fingerprint density at radius 1 is 1.00 bits per heavy atom. The number of esters is 1. The van der Waals surface area contributed by atoms with Crippen LogP contribution in [-0.2, 0) is 9.53 Å². The summed E-state index contributed by atoms with van der Waals surface area (Å²) in [4.78, 5) is 39.8. The summed E-state index contributed by atoms with van der Waals surface area (Å²) >= 11 is 0.948. The van der Waals surface area contributed by atoms with E-state index in [0.717, 1.165) is 64.1 Å². The van der Waals surface area contributed by atoms with Crippen molar-refractivity contribution in [3.8, 4) is 11.4 Å². The van der Waals surface area contributed by atoms with E-state index in [0.29, 0.717) is 23.0 Å². The van der Waals surface area contributed by atoms with Crippen LogP contribution in [0.3, 0.4) is 0 Å². The topological polar surface area (TPSA) is 77.8 Å². The van der Waals surface area contributed by atoms with Crippen molar-refractivity contribution in [2.24, 2.45) is 0 Å². The van der Waals surface area contributed by atoms with Gasteiger partial charge in [-0.25, -0.2) is 4.79 Å². The largest absolute Gasteiger partial charge is 0.491 e. The molecule has 4 rings (SSSR count). The molecule has 216 valence electrons. The molecule has 2 heterocycles. The quantitative estimate of drug-likeness (QED) is 0.133. The second kappa shape index (κ2) is 13.3. The Bertz CT molecular complexity index is 1470. The van der Waals surface area contributed by atoms with Gasteiger partial charge in [0.15, 0.2) is 0 Å². The van der Waals surface area contributed by atoms with Crippen molar-refractivity contribution >= 4 is 35.0 Å². The number of unbranched alkanes of at least 4 members (excludes halogenated alkanes) is 1. The molecule has 0 unspecified atom stereocenters. The normalized spacial score (nSPS) is 14.4. The highest BCUT2D eigenvalue weighted by Crippen LogP contribution is 2.34. The molecular formula is C33H38N2O5S. The number of nitrogens with zero attached hydrogens (tertiary/aromatic N) is 2. The lowest BCUT2D eigenvalue weighted by Crippen LogP contribution is -2.32. The zero-order chi connectivity index (χ0) is 29.7. The molecule has 41 heavy (non-hydrogen) atoms. The number of hydrogen-bond donors (Lipinski definition) is 0. The maximum absolute atomic E-state index is 13.2. The van der Waals surface area contributed by atoms with Crippen LogP contribution >= 0.6 is 11.8 Å². The summed E-state index contributed by atoms with van der Waals surface area (Å²) in [6, 6.07) is 15.4. The molecule has 0 N–H and O–H groups in total. The predicted octanol–water partition coefficient (Wildman–Crippen LogP) is 7.60. The molecule has 0 aliphatic carbocycles. The Kier molecular flexibility index (Phi) is 9.76. The van der Waals surface area contributed by atoms with Crippen molar-refractivity contribution in [1.29, 1.82) is 0 Å². The van der Waals surface area contributed by atoms with Crippen LogP contribution in [0.15, 0.2) is 53.4 Å². The standard InChI is InChI=1S/C33H38N2O5S/c1-7-8-16-40-32(37)25-10-12-27(13-11-25)35-23(5)19-26(24(35)6)20-30-31(36)34(33(38)41-30)15-17-39-29-18-22(4)9-14-28(29)21(2)3/h9-14,18-21H,7-8,15-17H2,1-6H3/b30-20-. The third-order valence-electron chi connectivity index (χ3n) is 7.09. The Morgan fingerprint density at radius 2 is 1.73 bits per heavy atom. The summed E-state index contributed by atoms with van der Waals surface area (Å²) in [7, 11) is 0. The van der Waals surface area contributed by atoms with E-state index in [9.17, 15) is 14.4 Å². The fourth-order valence-electron chi connectivity index (χ4n) is 4.79. The molecule has 8 heteroatoms. The van der Waals surface area contributed by atoms with Crippen LogP contribution in [0.2, 0.25) is 0 Å². The van der Waals surface area contributed by atoms with Crippen LogP contribution in [-0.4, -0.2) is 46.3 Å². The third-order valence-corrected chi connectivity index (χ3v) is 7.99. The van der Waals surface area contributed by atoms with E-state index in [2.05, 4.69) is 37.5 Å². The summed E-state index contributed by atoms with van der Waals surface area (Å²) in [5.74, 6) is 0.450. The molecule has 0 saturated carbocycles. The highest BCUT2D eigenvalue weighted by molar-refractivity contribution is 8.18. The van der Waals surface area contributed by atoms with Gasteiger partial charge in [0.25, 0.3) is 11.1 Å². The van der Waals surface area contributed by atoms with Gasteiger partial charge >= 0.3 is 5.97 Å². The van der Waals surface area contributed by atoms with E-state index in [-0.39, 0.29) is 30.3 Å². The molecule has 7 nitrogen and oxygen atoms in total. The number of rotatable bonds is 11. The average molecular weight is 575 g/mol. The minimum atomic E-state index is -0.327. The Hall–Kier alpha value is -3.78. The first-order valence-electron chi connectivity index (χ1n) is 14.1. The van der Waals surface area contributed by atoms with Crippen LogP contribution in [0.25, 0.3) is 11.8 Å². The van der Waals surface area contributed by atoms with Crippen molar-refractivity contribution in [2.45, 2.75) is 60.3 Å². The van der Waals surface area contributed by atoms with Gasteiger partial charge in [-0.3, -0.25) is 14.5 Å². The van der Waals surface area contributed by atoms with E-state index in [1.165, 1.54) is 4.90 Å². The third kappa shape index (κ3) is 6.93. The molecule has 1 aliphatic rings. The van der Waals surface area contributed by atoms with Gasteiger partial charge in [-0.1, -0.05) is 39.3 Å². The molecule has 1 saturated heterocycles. The number of hydrogen-bond acceptors (Lipinski definition) is 6. The predicted molar refractivity (Wildman–Crippen MR) is 164 cm³/mol. The summed E-state index contributed by atoms with van der Waals surface area (Å²) in [5.41, 5.74) is 6.35. The van der Waals surface area contributed by atoms with Crippen LogP contribution in [0.4, 0.5) is 4.79 Å². The Morgan fingerprint density at radius 3 is 2.41 bits per heavy atom. The van der Waals surface area contributed by atoms with Crippen LogP contribution in [0.5, 0.6) is 5.75 Å². The van der Waals surface area contributed by atoms with Crippen molar-refractivity contribution in [1.82, 2.24) is 9.47 Å². The number of amides is 2. The minimum absolute atomic E-state index is 0.180. The molecule has 1 aliphatic heterocycles. The Labute approximate surface area is 246 Å². The number of imide groups is 1. The lowest BCUT2D eigenvalue weighted by Gasteiger charge is -2.17. The second-order valence-electron chi connectivity index (χ2n) is 10.6. The number of carbonyl (C=O) groups excluding carboxylic acids is 3. The minimum Gasteiger partial charge on any atom is -0.491 e. The van der Waals surface area contributed by atoms with Crippen LogP contribution in [0.1, 0.15) is 78.0 Å². The lowest BCUT2D eigenvalue weighted by atomic mass is 10.0. The molecule has 0 bridgehead atoms. The first-order valence-corrected chi connectivity index (χ1v) is 14.9. The first kappa shape index (κ1) is 30.2. The molecule has 0 spiro atoms. The van der Waals surface area contributed by atoms with E-state index in [1.807, 2.05) is 45.0 Å². The Balaban J connectivity index is 1.45. The van der Waals surface area contributed by atoms with Crippen molar-refractivity contribution < 1.29 is 23.9 Å². The van der Waals surface area contributed by atoms with Gasteiger partial charge in [0.2, 0.25) is 0 Å². The van der Waals surface area contributed by atoms with E-state index in [1.54, 1.807) is 18.2 Å². The summed E-state index contributed by atoms with van der Waals surface area (Å²) in [5, 5.41) is -0.298. The van der Waals surface area contributed by atoms with Crippen molar-refractivity contribution in [3.05, 3.63) is 87.1 Å². The maximum Gasteiger partial charge on any atom is 0.338 e. The molecule has 3 aromatic rings. The number of aryl methyl sites for hydroxylation is 2. The van der Waals surface area contributed by atoms with Gasteiger partial charge in [0.05, 0.1) is 23.6 Å². The zero-order valence-corrected chi connectivity index (χ0v) is 25.5. The maximum atomic E-state index is 13.2. The number of aromatic nitrogens is 1. The van der Waals surface area contributed by atoms with E-state index in [4.69, 9.17) is 9.47 Å². The smallest absolute Gasteiger partial charge is 0.338 e. The molecule has 1 fully saturated rings. The van der Waals surface area contributed by atoms with Gasteiger partial charge in [0.1, 0.15) is 12.4 Å². The van der Waals surface area contributed by atoms with Crippen LogP contribution < -0.4 is 4.74 Å². The summed E-state index contributed by atoms with van der Waals surface area (Å²) in [6.45, 7) is 13.1. The van der Waals surface area contributed by atoms with Gasteiger partial charge in [-0.15, -0.1) is 0 Å². The van der Waals surface area contributed by atoms with E-state index < -0.39 is 0 Å². The molecule has 0 radical (unpaired) electrons. The van der Waals surface area contributed by atoms with Crippen molar-refractivity contribution in [3.63, 3.8) is 0 Å².